The number of likely N-dealkylation sites (tertiary alicyclic amines) is 1. The number of benzene rings is 1. The van der Waals surface area contributed by atoms with Crippen LogP contribution in [-0.4, -0.2) is 46.7 Å². The lowest BCUT2D eigenvalue weighted by atomic mass is 10.0. The Hall–Kier alpha value is -1.85. The lowest BCUT2D eigenvalue weighted by Crippen LogP contribution is -2.30. The molecular weight excluding hydrogens is 300 g/mol. The number of rotatable bonds is 5. The van der Waals surface area contributed by atoms with Gasteiger partial charge < -0.3 is 4.74 Å². The van der Waals surface area contributed by atoms with Crippen LogP contribution in [0, 0.1) is 0 Å². The number of aromatic amines is 1. The van der Waals surface area contributed by atoms with E-state index in [0.717, 1.165) is 38.3 Å². The molecule has 24 heavy (non-hydrogen) atoms. The summed E-state index contributed by atoms with van der Waals surface area (Å²) >= 11 is 0. The largest absolute Gasteiger partial charge is 0.497 e. The zero-order valence-corrected chi connectivity index (χ0v) is 14.4. The quantitative estimate of drug-likeness (QED) is 0.917. The predicted octanol–water partition coefficient (Wildman–Crippen LogP) is 2.57. The Kier molecular flexibility index (Phi) is 4.54. The highest BCUT2D eigenvalue weighted by Gasteiger charge is 2.23. The molecule has 0 radical (unpaired) electrons. The molecule has 128 valence electrons. The second kappa shape index (κ2) is 6.95. The van der Waals surface area contributed by atoms with E-state index in [1.165, 1.54) is 48.4 Å². The molecule has 0 atom stereocenters. The molecule has 0 spiro atoms. The first-order valence-corrected chi connectivity index (χ1v) is 8.94. The zero-order valence-electron chi connectivity index (χ0n) is 14.4. The maximum atomic E-state index is 5.23. The molecule has 1 N–H and O–H groups in total. The molecular formula is C19H26N4O. The van der Waals surface area contributed by atoms with Crippen LogP contribution in [0.3, 0.4) is 0 Å². The fourth-order valence-corrected chi connectivity index (χ4v) is 3.85. The molecule has 0 unspecified atom stereocenters. The Morgan fingerprint density at radius 3 is 2.58 bits per heavy atom. The smallest absolute Gasteiger partial charge is 0.118 e. The minimum Gasteiger partial charge on any atom is -0.497 e. The Balaban J connectivity index is 1.39. The Bertz CT molecular complexity index is 673. The molecule has 1 aromatic carbocycles. The maximum absolute atomic E-state index is 5.23. The van der Waals surface area contributed by atoms with Crippen molar-refractivity contribution in [3.63, 3.8) is 0 Å². The lowest BCUT2D eigenvalue weighted by Gasteiger charge is -2.27. The van der Waals surface area contributed by atoms with Gasteiger partial charge in [-0.2, -0.15) is 5.10 Å². The Morgan fingerprint density at radius 2 is 1.83 bits per heavy atom. The molecule has 1 aromatic heterocycles. The topological polar surface area (TPSA) is 44.4 Å². The van der Waals surface area contributed by atoms with Gasteiger partial charge in [-0.15, -0.1) is 0 Å². The summed E-state index contributed by atoms with van der Waals surface area (Å²) < 4.78 is 5.23. The SMILES string of the molecule is COc1ccc(CN2CCc3c(CN4CCCC4)n[nH]c3C2)cc1. The van der Waals surface area contributed by atoms with Crippen LogP contribution in [0.4, 0.5) is 0 Å². The van der Waals surface area contributed by atoms with Crippen molar-refractivity contribution < 1.29 is 4.74 Å². The minimum absolute atomic E-state index is 0.916. The number of hydrogen-bond acceptors (Lipinski definition) is 4. The van der Waals surface area contributed by atoms with E-state index in [1.54, 1.807) is 7.11 Å². The molecule has 0 amide bonds. The Morgan fingerprint density at radius 1 is 1.04 bits per heavy atom. The van der Waals surface area contributed by atoms with Gasteiger partial charge in [0.25, 0.3) is 0 Å². The molecule has 5 nitrogen and oxygen atoms in total. The van der Waals surface area contributed by atoms with Crippen LogP contribution in [0.1, 0.15) is 35.4 Å². The van der Waals surface area contributed by atoms with Crippen molar-refractivity contribution in [2.45, 2.75) is 38.9 Å². The summed E-state index contributed by atoms with van der Waals surface area (Å²) in [5, 5.41) is 7.91. The van der Waals surface area contributed by atoms with Crippen LogP contribution >= 0.6 is 0 Å². The van der Waals surface area contributed by atoms with Gasteiger partial charge in [0.2, 0.25) is 0 Å². The molecule has 5 heteroatoms. The van der Waals surface area contributed by atoms with E-state index >= 15 is 0 Å². The van der Waals surface area contributed by atoms with E-state index in [-0.39, 0.29) is 0 Å². The number of hydrogen-bond donors (Lipinski definition) is 1. The van der Waals surface area contributed by atoms with Gasteiger partial charge in [-0.25, -0.2) is 0 Å². The fourth-order valence-electron chi connectivity index (χ4n) is 3.85. The van der Waals surface area contributed by atoms with Gasteiger partial charge in [-0.05, 0) is 50.0 Å². The maximum Gasteiger partial charge on any atom is 0.118 e. The summed E-state index contributed by atoms with van der Waals surface area (Å²) in [6, 6.07) is 8.38. The number of fused-ring (bicyclic) bond motifs is 1. The van der Waals surface area contributed by atoms with Crippen molar-refractivity contribution in [3.05, 3.63) is 46.8 Å². The van der Waals surface area contributed by atoms with Crippen LogP contribution in [-0.2, 0) is 26.1 Å². The van der Waals surface area contributed by atoms with Crippen LogP contribution in [0.2, 0.25) is 0 Å². The number of nitrogens with one attached hydrogen (secondary N) is 1. The summed E-state index contributed by atoms with van der Waals surface area (Å²) in [5.74, 6) is 0.916. The van der Waals surface area contributed by atoms with E-state index in [4.69, 9.17) is 4.74 Å². The second-order valence-electron chi connectivity index (χ2n) is 6.92. The first-order valence-electron chi connectivity index (χ1n) is 8.94. The first kappa shape index (κ1) is 15.7. The van der Waals surface area contributed by atoms with E-state index in [2.05, 4.69) is 32.1 Å². The van der Waals surface area contributed by atoms with Crippen LogP contribution in [0.5, 0.6) is 5.75 Å². The van der Waals surface area contributed by atoms with E-state index in [1.807, 2.05) is 12.1 Å². The average molecular weight is 326 g/mol. The van der Waals surface area contributed by atoms with E-state index < -0.39 is 0 Å². The summed E-state index contributed by atoms with van der Waals surface area (Å²) in [6.45, 7) is 6.52. The standard InChI is InChI=1S/C19H26N4O/c1-24-16-6-4-15(5-7-16)12-23-11-8-17-18(20-21-19(17)14-23)13-22-9-2-3-10-22/h4-7H,2-3,8-14H2,1H3,(H,20,21). The van der Waals surface area contributed by atoms with Crippen molar-refractivity contribution in [2.24, 2.45) is 0 Å². The lowest BCUT2D eigenvalue weighted by molar-refractivity contribution is 0.241. The second-order valence-corrected chi connectivity index (χ2v) is 6.92. The molecule has 1 saturated heterocycles. The molecule has 2 aliphatic rings. The molecule has 2 aromatic rings. The summed E-state index contributed by atoms with van der Waals surface area (Å²) in [5.41, 5.74) is 5.38. The minimum atomic E-state index is 0.916. The van der Waals surface area contributed by atoms with E-state index in [9.17, 15) is 0 Å². The number of nitrogens with zero attached hydrogens (tertiary/aromatic N) is 3. The third-order valence-corrected chi connectivity index (χ3v) is 5.24. The normalized spacial score (nSPS) is 18.7. The van der Waals surface area contributed by atoms with Gasteiger partial charge >= 0.3 is 0 Å². The van der Waals surface area contributed by atoms with Gasteiger partial charge in [-0.1, -0.05) is 12.1 Å². The number of aromatic nitrogens is 2. The Labute approximate surface area is 143 Å². The first-order chi connectivity index (χ1) is 11.8. The van der Waals surface area contributed by atoms with Gasteiger partial charge in [0.1, 0.15) is 5.75 Å². The van der Waals surface area contributed by atoms with Crippen molar-refractivity contribution in [1.82, 2.24) is 20.0 Å². The van der Waals surface area contributed by atoms with Gasteiger partial charge in [0, 0.05) is 31.7 Å². The molecule has 0 aliphatic carbocycles. The number of H-pyrrole nitrogens is 1. The highest BCUT2D eigenvalue weighted by Crippen LogP contribution is 2.24. The third kappa shape index (κ3) is 3.32. The summed E-state index contributed by atoms with van der Waals surface area (Å²) in [7, 11) is 1.71. The molecule has 4 rings (SSSR count). The molecule has 0 saturated carbocycles. The third-order valence-electron chi connectivity index (χ3n) is 5.24. The molecule has 3 heterocycles. The van der Waals surface area contributed by atoms with Crippen LogP contribution in [0.15, 0.2) is 24.3 Å². The highest BCUT2D eigenvalue weighted by atomic mass is 16.5. The van der Waals surface area contributed by atoms with Gasteiger partial charge in [-0.3, -0.25) is 14.9 Å². The molecule has 1 fully saturated rings. The van der Waals surface area contributed by atoms with Crippen LogP contribution < -0.4 is 4.74 Å². The number of methoxy groups -OCH3 is 1. The number of ether oxygens (including phenoxy) is 1. The van der Waals surface area contributed by atoms with Crippen molar-refractivity contribution in [1.29, 1.82) is 0 Å². The highest BCUT2D eigenvalue weighted by molar-refractivity contribution is 5.29. The van der Waals surface area contributed by atoms with Crippen molar-refractivity contribution >= 4 is 0 Å². The van der Waals surface area contributed by atoms with Crippen LogP contribution in [0.25, 0.3) is 0 Å². The fraction of sp³-hybridized carbons (Fsp3) is 0.526. The van der Waals surface area contributed by atoms with Gasteiger partial charge in [0.15, 0.2) is 0 Å². The average Bonchev–Trinajstić information content (AvgIpc) is 3.26. The van der Waals surface area contributed by atoms with Crippen molar-refractivity contribution in [2.75, 3.05) is 26.7 Å². The molecule has 2 aliphatic heterocycles. The van der Waals surface area contributed by atoms with Gasteiger partial charge in [0.05, 0.1) is 18.5 Å². The zero-order chi connectivity index (χ0) is 16.4. The summed E-state index contributed by atoms with van der Waals surface area (Å²) in [6.07, 6.45) is 3.77. The predicted molar refractivity (Wildman–Crippen MR) is 93.9 cm³/mol. The molecule has 0 bridgehead atoms. The summed E-state index contributed by atoms with van der Waals surface area (Å²) in [4.78, 5) is 5.02. The van der Waals surface area contributed by atoms with E-state index in [0.29, 0.717) is 0 Å². The monoisotopic (exact) mass is 326 g/mol. The van der Waals surface area contributed by atoms with Crippen molar-refractivity contribution in [3.8, 4) is 5.75 Å².